The normalized spacial score (nSPS) is 10.1. The highest BCUT2D eigenvalue weighted by Crippen LogP contribution is 2.31. The predicted molar refractivity (Wildman–Crippen MR) is 90.9 cm³/mol. The Morgan fingerprint density at radius 1 is 1.17 bits per heavy atom. The molecule has 2 amide bonds. The number of ether oxygens (including phenoxy) is 3. The molecule has 0 saturated carbocycles. The zero-order chi connectivity index (χ0) is 17.4. The van der Waals surface area contributed by atoms with Crippen LogP contribution in [0.1, 0.15) is 5.56 Å². The third-order valence-electron chi connectivity index (χ3n) is 3.12. The van der Waals surface area contributed by atoms with Gasteiger partial charge in [0.2, 0.25) is 5.88 Å². The van der Waals surface area contributed by atoms with Crippen LogP contribution in [0.4, 0.5) is 10.5 Å². The van der Waals surface area contributed by atoms with Gasteiger partial charge < -0.3 is 24.8 Å². The standard InChI is InChI=1S/C17H21N3O4/c1-12-4-6-14(15(10-12)23-3)24-16-7-5-13(11-19-16)20-17(21)18-8-9-22-2/h4-7,10-11H,8-9H2,1-3H3,(H2,18,20,21). The van der Waals surface area contributed by atoms with Gasteiger partial charge in [-0.25, -0.2) is 9.78 Å². The van der Waals surface area contributed by atoms with Crippen molar-refractivity contribution in [3.63, 3.8) is 0 Å². The molecule has 0 aliphatic rings. The molecule has 1 heterocycles. The van der Waals surface area contributed by atoms with Gasteiger partial charge in [-0.3, -0.25) is 0 Å². The topological polar surface area (TPSA) is 81.7 Å². The van der Waals surface area contributed by atoms with E-state index >= 15 is 0 Å². The maximum atomic E-state index is 11.6. The molecule has 0 saturated heterocycles. The summed E-state index contributed by atoms with van der Waals surface area (Å²) >= 11 is 0. The van der Waals surface area contributed by atoms with E-state index in [1.807, 2.05) is 25.1 Å². The number of urea groups is 1. The lowest BCUT2D eigenvalue weighted by atomic mass is 10.2. The van der Waals surface area contributed by atoms with Gasteiger partial charge in [-0.05, 0) is 30.7 Å². The third kappa shape index (κ3) is 5.13. The molecule has 2 rings (SSSR count). The number of hydrogen-bond donors (Lipinski definition) is 2. The molecule has 2 aromatic rings. The summed E-state index contributed by atoms with van der Waals surface area (Å²) < 4.78 is 15.9. The molecule has 0 aliphatic heterocycles. The molecule has 0 spiro atoms. The average molecular weight is 331 g/mol. The highest BCUT2D eigenvalue weighted by molar-refractivity contribution is 5.88. The van der Waals surface area contributed by atoms with Gasteiger partial charge in [-0.2, -0.15) is 0 Å². The van der Waals surface area contributed by atoms with Gasteiger partial charge in [0.1, 0.15) is 0 Å². The van der Waals surface area contributed by atoms with Gasteiger partial charge in [0, 0.05) is 19.7 Å². The molecule has 0 bridgehead atoms. The van der Waals surface area contributed by atoms with Crippen LogP contribution in [0.15, 0.2) is 36.5 Å². The molecule has 1 aromatic heterocycles. The lowest BCUT2D eigenvalue weighted by molar-refractivity contribution is 0.198. The number of hydrogen-bond acceptors (Lipinski definition) is 5. The van der Waals surface area contributed by atoms with Gasteiger partial charge in [0.25, 0.3) is 0 Å². The van der Waals surface area contributed by atoms with Crippen LogP contribution in [0.5, 0.6) is 17.4 Å². The highest BCUT2D eigenvalue weighted by atomic mass is 16.5. The van der Waals surface area contributed by atoms with Gasteiger partial charge >= 0.3 is 6.03 Å². The van der Waals surface area contributed by atoms with Crippen molar-refractivity contribution in [3.8, 4) is 17.4 Å². The highest BCUT2D eigenvalue weighted by Gasteiger charge is 2.07. The van der Waals surface area contributed by atoms with Crippen molar-refractivity contribution in [2.75, 3.05) is 32.7 Å². The molecule has 128 valence electrons. The van der Waals surface area contributed by atoms with Crippen LogP contribution in [-0.2, 0) is 4.74 Å². The van der Waals surface area contributed by atoms with E-state index in [2.05, 4.69) is 15.6 Å². The van der Waals surface area contributed by atoms with Crippen molar-refractivity contribution in [2.45, 2.75) is 6.92 Å². The summed E-state index contributed by atoms with van der Waals surface area (Å²) in [6.07, 6.45) is 1.52. The molecule has 0 aliphatic carbocycles. The van der Waals surface area contributed by atoms with Crippen LogP contribution in [-0.4, -0.2) is 38.4 Å². The number of amides is 2. The van der Waals surface area contributed by atoms with Crippen LogP contribution in [0.25, 0.3) is 0 Å². The van der Waals surface area contributed by atoms with Crippen LogP contribution in [0, 0.1) is 6.92 Å². The zero-order valence-electron chi connectivity index (χ0n) is 14.0. The van der Waals surface area contributed by atoms with Crippen molar-refractivity contribution in [1.29, 1.82) is 0 Å². The fraction of sp³-hybridized carbons (Fsp3) is 0.294. The minimum Gasteiger partial charge on any atom is -0.493 e. The second-order valence-corrected chi connectivity index (χ2v) is 5.02. The van der Waals surface area contributed by atoms with Crippen molar-refractivity contribution in [2.24, 2.45) is 0 Å². The summed E-state index contributed by atoms with van der Waals surface area (Å²) in [5, 5.41) is 5.33. The van der Waals surface area contributed by atoms with Gasteiger partial charge in [0.05, 0.1) is 25.6 Å². The fourth-order valence-electron chi connectivity index (χ4n) is 1.93. The number of aryl methyl sites for hydroxylation is 1. The van der Waals surface area contributed by atoms with Crippen LogP contribution in [0.2, 0.25) is 0 Å². The zero-order valence-corrected chi connectivity index (χ0v) is 14.0. The lowest BCUT2D eigenvalue weighted by Crippen LogP contribution is -2.31. The number of carbonyl (C=O) groups excluding carboxylic acids is 1. The molecule has 0 atom stereocenters. The second kappa shape index (κ2) is 8.73. The monoisotopic (exact) mass is 331 g/mol. The number of pyridine rings is 1. The molecule has 2 N–H and O–H groups in total. The van der Waals surface area contributed by atoms with Crippen LogP contribution in [0.3, 0.4) is 0 Å². The van der Waals surface area contributed by atoms with E-state index < -0.39 is 0 Å². The summed E-state index contributed by atoms with van der Waals surface area (Å²) in [5.41, 5.74) is 1.64. The second-order valence-electron chi connectivity index (χ2n) is 5.02. The lowest BCUT2D eigenvalue weighted by Gasteiger charge is -2.11. The fourth-order valence-corrected chi connectivity index (χ4v) is 1.93. The average Bonchev–Trinajstić information content (AvgIpc) is 2.58. The summed E-state index contributed by atoms with van der Waals surface area (Å²) in [7, 11) is 3.16. The first kappa shape index (κ1) is 17.6. The van der Waals surface area contributed by atoms with E-state index in [-0.39, 0.29) is 6.03 Å². The molecular formula is C17H21N3O4. The number of anilines is 1. The van der Waals surface area contributed by atoms with E-state index in [0.29, 0.717) is 36.2 Å². The number of methoxy groups -OCH3 is 2. The third-order valence-corrected chi connectivity index (χ3v) is 3.12. The van der Waals surface area contributed by atoms with Crippen LogP contribution >= 0.6 is 0 Å². The Morgan fingerprint density at radius 2 is 2.00 bits per heavy atom. The first-order chi connectivity index (χ1) is 11.6. The maximum absolute atomic E-state index is 11.6. The van der Waals surface area contributed by atoms with E-state index in [1.165, 1.54) is 6.20 Å². The maximum Gasteiger partial charge on any atom is 0.319 e. The molecule has 0 unspecified atom stereocenters. The van der Waals surface area contributed by atoms with E-state index in [0.717, 1.165) is 5.56 Å². The summed E-state index contributed by atoms with van der Waals surface area (Å²) in [6, 6.07) is 8.70. The number of carbonyl (C=O) groups is 1. The first-order valence-corrected chi connectivity index (χ1v) is 7.44. The van der Waals surface area contributed by atoms with Crippen molar-refractivity contribution >= 4 is 11.7 Å². The molecular weight excluding hydrogens is 310 g/mol. The molecule has 0 fully saturated rings. The molecule has 24 heavy (non-hydrogen) atoms. The SMILES string of the molecule is COCCNC(=O)Nc1ccc(Oc2ccc(C)cc2OC)nc1. The quantitative estimate of drug-likeness (QED) is 0.762. The Morgan fingerprint density at radius 3 is 2.67 bits per heavy atom. The van der Waals surface area contributed by atoms with Gasteiger partial charge in [-0.15, -0.1) is 0 Å². The summed E-state index contributed by atoms with van der Waals surface area (Å²) in [4.78, 5) is 15.8. The van der Waals surface area contributed by atoms with E-state index in [4.69, 9.17) is 14.2 Å². The number of nitrogens with zero attached hydrogens (tertiary/aromatic N) is 1. The van der Waals surface area contributed by atoms with Crippen molar-refractivity contribution < 1.29 is 19.0 Å². The smallest absolute Gasteiger partial charge is 0.319 e. The van der Waals surface area contributed by atoms with E-state index in [9.17, 15) is 4.79 Å². The van der Waals surface area contributed by atoms with Crippen LogP contribution < -0.4 is 20.1 Å². The number of benzene rings is 1. The largest absolute Gasteiger partial charge is 0.493 e. The Balaban J connectivity index is 1.96. The molecule has 1 aromatic carbocycles. The molecule has 7 heteroatoms. The first-order valence-electron chi connectivity index (χ1n) is 7.44. The molecule has 0 radical (unpaired) electrons. The summed E-state index contributed by atoms with van der Waals surface area (Å²) in [5.74, 6) is 1.62. The van der Waals surface area contributed by atoms with Crippen molar-refractivity contribution in [1.82, 2.24) is 10.3 Å². The predicted octanol–water partition coefficient (Wildman–Crippen LogP) is 2.96. The van der Waals surface area contributed by atoms with Gasteiger partial charge in [0.15, 0.2) is 11.5 Å². The Hall–Kier alpha value is -2.80. The van der Waals surface area contributed by atoms with Crippen molar-refractivity contribution in [3.05, 3.63) is 42.1 Å². The minimum atomic E-state index is -0.317. The number of nitrogens with one attached hydrogen (secondary N) is 2. The Labute approximate surface area is 140 Å². The molecule has 7 nitrogen and oxygen atoms in total. The Bertz CT molecular complexity index is 674. The minimum absolute atomic E-state index is 0.317. The van der Waals surface area contributed by atoms with Gasteiger partial charge in [-0.1, -0.05) is 6.07 Å². The summed E-state index contributed by atoms with van der Waals surface area (Å²) in [6.45, 7) is 2.86. The Kier molecular flexibility index (Phi) is 6.39. The van der Waals surface area contributed by atoms with E-state index in [1.54, 1.807) is 26.4 Å². The number of aromatic nitrogens is 1. The number of rotatable bonds is 7.